The van der Waals surface area contributed by atoms with Crippen molar-refractivity contribution in [3.05, 3.63) is 47.7 Å². The average molecular weight is 320 g/mol. The zero-order valence-electron chi connectivity index (χ0n) is 13.2. The van der Waals surface area contributed by atoms with Gasteiger partial charge < -0.3 is 19.3 Å². The molecule has 0 saturated carbocycles. The number of allylic oxidation sites excluding steroid dienone is 1. The van der Waals surface area contributed by atoms with Gasteiger partial charge in [0.1, 0.15) is 0 Å². The summed E-state index contributed by atoms with van der Waals surface area (Å²) < 4.78 is 15.0. The smallest absolute Gasteiger partial charge is 0.379 e. The number of hydrogen-bond acceptors (Lipinski definition) is 6. The van der Waals surface area contributed by atoms with Gasteiger partial charge >= 0.3 is 17.7 Å². The summed E-state index contributed by atoms with van der Waals surface area (Å²) in [5, 5.41) is 10.5. The molecule has 1 aliphatic rings. The van der Waals surface area contributed by atoms with E-state index in [0.29, 0.717) is 0 Å². The number of hydrogen-bond donors (Lipinski definition) is 1. The molecule has 1 aromatic carbocycles. The van der Waals surface area contributed by atoms with Gasteiger partial charge in [-0.15, -0.1) is 0 Å². The van der Waals surface area contributed by atoms with Crippen molar-refractivity contribution >= 4 is 11.9 Å². The van der Waals surface area contributed by atoms with E-state index in [1.54, 1.807) is 19.9 Å². The quantitative estimate of drug-likeness (QED) is 0.834. The van der Waals surface area contributed by atoms with Crippen molar-refractivity contribution in [1.29, 1.82) is 0 Å². The first-order valence-corrected chi connectivity index (χ1v) is 7.52. The highest BCUT2D eigenvalue weighted by Gasteiger charge is 2.47. The van der Waals surface area contributed by atoms with Gasteiger partial charge in [0.2, 0.25) is 5.76 Å². The molecule has 6 heteroatoms. The summed E-state index contributed by atoms with van der Waals surface area (Å²) in [6, 6.07) is 9.23. The zero-order chi connectivity index (χ0) is 16.9. The minimum atomic E-state index is -2.21. The standard InChI is InChI=1S/C17H20O6/c1-3-21-15(18)14-10-13(12-8-6-5-7-9-12)11-17(20,23-14)16(19)22-4-2/h5-10,13,20H,3-4,11H2,1-2H3. The number of rotatable bonds is 5. The molecule has 1 aliphatic heterocycles. The first-order valence-electron chi connectivity index (χ1n) is 7.52. The number of esters is 2. The molecule has 2 rings (SSSR count). The van der Waals surface area contributed by atoms with E-state index in [1.165, 1.54) is 0 Å². The van der Waals surface area contributed by atoms with Crippen LogP contribution in [0.4, 0.5) is 0 Å². The SMILES string of the molecule is CCOC(=O)C1=CC(c2ccccc2)CC(O)(C(=O)OCC)O1. The van der Waals surface area contributed by atoms with E-state index in [4.69, 9.17) is 14.2 Å². The van der Waals surface area contributed by atoms with Crippen LogP contribution in [0.25, 0.3) is 0 Å². The molecule has 2 unspecified atom stereocenters. The maximum atomic E-state index is 12.0. The van der Waals surface area contributed by atoms with E-state index in [0.717, 1.165) is 5.56 Å². The molecule has 2 atom stereocenters. The van der Waals surface area contributed by atoms with Crippen LogP contribution >= 0.6 is 0 Å². The fourth-order valence-corrected chi connectivity index (χ4v) is 2.39. The summed E-state index contributed by atoms with van der Waals surface area (Å²) in [5.74, 6) is -4.43. The predicted octanol–water partition coefficient (Wildman–Crippen LogP) is 1.89. The lowest BCUT2D eigenvalue weighted by molar-refractivity contribution is -0.224. The van der Waals surface area contributed by atoms with E-state index >= 15 is 0 Å². The second kappa shape index (κ2) is 7.28. The Bertz CT molecular complexity index is 594. The lowest BCUT2D eigenvalue weighted by Crippen LogP contribution is -2.46. The van der Waals surface area contributed by atoms with Crippen molar-refractivity contribution in [2.24, 2.45) is 0 Å². The Morgan fingerprint density at radius 1 is 1.22 bits per heavy atom. The molecule has 0 aromatic heterocycles. The van der Waals surface area contributed by atoms with Gasteiger partial charge in [0, 0.05) is 12.3 Å². The van der Waals surface area contributed by atoms with Gasteiger partial charge in [0.05, 0.1) is 13.2 Å². The van der Waals surface area contributed by atoms with Crippen LogP contribution in [0.3, 0.4) is 0 Å². The van der Waals surface area contributed by atoms with Gasteiger partial charge in [-0.1, -0.05) is 30.3 Å². The third kappa shape index (κ3) is 3.90. The van der Waals surface area contributed by atoms with Crippen LogP contribution in [0.5, 0.6) is 0 Å². The van der Waals surface area contributed by atoms with Crippen LogP contribution in [0.1, 0.15) is 31.7 Å². The molecular formula is C17H20O6. The van der Waals surface area contributed by atoms with E-state index in [1.807, 2.05) is 30.3 Å². The first-order chi connectivity index (χ1) is 11.0. The molecule has 1 N–H and O–H groups in total. The fraction of sp³-hybridized carbons (Fsp3) is 0.412. The number of carbonyl (C=O) groups excluding carboxylic acids is 2. The number of aliphatic hydroxyl groups is 1. The molecule has 1 heterocycles. The molecular weight excluding hydrogens is 300 g/mol. The van der Waals surface area contributed by atoms with E-state index in [9.17, 15) is 14.7 Å². The normalized spacial score (nSPS) is 23.4. The van der Waals surface area contributed by atoms with Crippen molar-refractivity contribution < 1.29 is 28.9 Å². The third-order valence-corrected chi connectivity index (χ3v) is 3.43. The Morgan fingerprint density at radius 2 is 1.87 bits per heavy atom. The topological polar surface area (TPSA) is 82.1 Å². The summed E-state index contributed by atoms with van der Waals surface area (Å²) in [7, 11) is 0. The summed E-state index contributed by atoms with van der Waals surface area (Å²) in [4.78, 5) is 24.0. The van der Waals surface area contributed by atoms with Crippen LogP contribution in [0.15, 0.2) is 42.2 Å². The predicted molar refractivity (Wildman–Crippen MR) is 81.2 cm³/mol. The number of ether oxygens (including phenoxy) is 3. The highest BCUT2D eigenvalue weighted by atomic mass is 16.7. The van der Waals surface area contributed by atoms with Crippen molar-refractivity contribution in [3.63, 3.8) is 0 Å². The van der Waals surface area contributed by atoms with E-state index in [-0.39, 0.29) is 31.3 Å². The largest absolute Gasteiger partial charge is 0.461 e. The summed E-state index contributed by atoms with van der Waals surface area (Å²) in [5.41, 5.74) is 0.848. The van der Waals surface area contributed by atoms with Gasteiger partial charge in [-0.2, -0.15) is 0 Å². The molecule has 124 valence electrons. The third-order valence-electron chi connectivity index (χ3n) is 3.43. The van der Waals surface area contributed by atoms with Gasteiger partial charge in [-0.05, 0) is 25.5 Å². The van der Waals surface area contributed by atoms with Crippen LogP contribution in [0, 0.1) is 0 Å². The van der Waals surface area contributed by atoms with Crippen LogP contribution in [0.2, 0.25) is 0 Å². The Kier molecular flexibility index (Phi) is 5.39. The lowest BCUT2D eigenvalue weighted by Gasteiger charge is -2.33. The maximum Gasteiger partial charge on any atom is 0.379 e. The van der Waals surface area contributed by atoms with Crippen LogP contribution in [-0.2, 0) is 23.8 Å². The Morgan fingerprint density at radius 3 is 2.48 bits per heavy atom. The van der Waals surface area contributed by atoms with Crippen molar-refractivity contribution in [2.75, 3.05) is 13.2 Å². The number of carbonyl (C=O) groups is 2. The van der Waals surface area contributed by atoms with E-state index < -0.39 is 17.7 Å². The summed E-state index contributed by atoms with van der Waals surface area (Å²) in [6.45, 7) is 3.54. The average Bonchev–Trinajstić information content (AvgIpc) is 2.55. The highest BCUT2D eigenvalue weighted by molar-refractivity contribution is 5.88. The molecule has 1 aromatic rings. The minimum Gasteiger partial charge on any atom is -0.461 e. The Hall–Kier alpha value is -2.34. The molecule has 0 radical (unpaired) electrons. The molecule has 0 bridgehead atoms. The second-order valence-corrected chi connectivity index (χ2v) is 5.08. The Labute approximate surface area is 134 Å². The second-order valence-electron chi connectivity index (χ2n) is 5.08. The van der Waals surface area contributed by atoms with Crippen LogP contribution < -0.4 is 0 Å². The molecule has 0 spiro atoms. The van der Waals surface area contributed by atoms with Crippen molar-refractivity contribution in [3.8, 4) is 0 Å². The van der Waals surface area contributed by atoms with Crippen LogP contribution in [-0.4, -0.2) is 36.0 Å². The van der Waals surface area contributed by atoms with E-state index in [2.05, 4.69) is 0 Å². The zero-order valence-corrected chi connectivity index (χ0v) is 13.2. The summed E-state index contributed by atoms with van der Waals surface area (Å²) >= 11 is 0. The molecule has 23 heavy (non-hydrogen) atoms. The first kappa shape index (κ1) is 17.0. The van der Waals surface area contributed by atoms with Crippen molar-refractivity contribution in [2.45, 2.75) is 32.0 Å². The van der Waals surface area contributed by atoms with Gasteiger partial charge in [-0.25, -0.2) is 9.59 Å². The molecule has 0 saturated heterocycles. The lowest BCUT2D eigenvalue weighted by atomic mass is 9.89. The molecule has 0 aliphatic carbocycles. The summed E-state index contributed by atoms with van der Waals surface area (Å²) in [6.07, 6.45) is 1.51. The van der Waals surface area contributed by atoms with Gasteiger partial charge in [-0.3, -0.25) is 0 Å². The van der Waals surface area contributed by atoms with Gasteiger partial charge in [0.15, 0.2) is 0 Å². The minimum absolute atomic E-state index is 0.0429. The fourth-order valence-electron chi connectivity index (χ4n) is 2.39. The molecule has 0 fully saturated rings. The van der Waals surface area contributed by atoms with Gasteiger partial charge in [0.25, 0.3) is 0 Å². The monoisotopic (exact) mass is 320 g/mol. The van der Waals surface area contributed by atoms with Crippen molar-refractivity contribution in [1.82, 2.24) is 0 Å². The molecule has 0 amide bonds. The highest BCUT2D eigenvalue weighted by Crippen LogP contribution is 2.36. The number of benzene rings is 1. The Balaban J connectivity index is 2.35. The molecule has 6 nitrogen and oxygen atoms in total. The maximum absolute atomic E-state index is 12.0.